The largest absolute Gasteiger partial charge is 0.479 e. The van der Waals surface area contributed by atoms with Crippen LogP contribution in [0.3, 0.4) is 0 Å². The van der Waals surface area contributed by atoms with Gasteiger partial charge in [0.2, 0.25) is 0 Å². The molecule has 150 valence electrons. The molecule has 0 saturated heterocycles. The third-order valence-electron chi connectivity index (χ3n) is 4.48. The highest BCUT2D eigenvalue weighted by Crippen LogP contribution is 2.31. The minimum atomic E-state index is -0.156. The Hall–Kier alpha value is -3.34. The number of rotatable bonds is 6. The van der Waals surface area contributed by atoms with E-state index in [2.05, 4.69) is 10.4 Å². The van der Waals surface area contributed by atoms with Crippen molar-refractivity contribution in [3.8, 4) is 17.5 Å². The van der Waals surface area contributed by atoms with Gasteiger partial charge in [-0.25, -0.2) is 4.68 Å². The van der Waals surface area contributed by atoms with Crippen LogP contribution in [0.5, 0.6) is 5.75 Å². The van der Waals surface area contributed by atoms with Crippen molar-refractivity contribution in [1.29, 1.82) is 5.26 Å². The van der Waals surface area contributed by atoms with Crippen LogP contribution in [-0.2, 0) is 6.54 Å². The van der Waals surface area contributed by atoms with Crippen molar-refractivity contribution in [1.82, 2.24) is 15.1 Å². The van der Waals surface area contributed by atoms with Crippen LogP contribution in [0.25, 0.3) is 15.9 Å². The lowest BCUT2D eigenvalue weighted by Gasteiger charge is -2.06. The maximum Gasteiger partial charge on any atom is 0.261 e. The van der Waals surface area contributed by atoms with Crippen LogP contribution in [0.2, 0.25) is 5.02 Å². The number of carbonyl (C=O) groups is 1. The molecule has 0 atom stereocenters. The first-order valence-electron chi connectivity index (χ1n) is 9.17. The number of carbonyl (C=O) groups excluding carboxylic acids is 1. The van der Waals surface area contributed by atoms with E-state index < -0.39 is 0 Å². The molecule has 0 bridgehead atoms. The van der Waals surface area contributed by atoms with E-state index in [1.165, 1.54) is 11.3 Å². The second kappa shape index (κ2) is 8.57. The van der Waals surface area contributed by atoms with Gasteiger partial charge in [0.1, 0.15) is 16.6 Å². The number of aromatic nitrogens is 2. The van der Waals surface area contributed by atoms with Gasteiger partial charge in [0.25, 0.3) is 5.91 Å². The van der Waals surface area contributed by atoms with Crippen molar-refractivity contribution in [2.45, 2.75) is 13.5 Å². The molecule has 0 unspecified atom stereocenters. The van der Waals surface area contributed by atoms with Crippen molar-refractivity contribution in [3.63, 3.8) is 0 Å². The molecule has 0 fully saturated rings. The Kier molecular flexibility index (Phi) is 5.70. The zero-order chi connectivity index (χ0) is 21.1. The third-order valence-corrected chi connectivity index (χ3v) is 5.82. The number of halogens is 1. The van der Waals surface area contributed by atoms with Crippen LogP contribution in [0, 0.1) is 18.3 Å². The molecule has 0 radical (unpaired) electrons. The Morgan fingerprint density at radius 1 is 1.27 bits per heavy atom. The normalized spacial score (nSPS) is 10.7. The molecule has 4 rings (SSSR count). The van der Waals surface area contributed by atoms with Gasteiger partial charge in [0, 0.05) is 17.0 Å². The Bertz CT molecular complexity index is 1270. The molecular formula is C22H17ClN4O2S. The SMILES string of the molecule is Cc1nn(-c2cccc(Cl)c2)c2sc(C(=O)NCc3cccc(OCC#N)c3)cc12. The lowest BCUT2D eigenvalue weighted by atomic mass is 10.2. The predicted octanol–water partition coefficient (Wildman–Crippen LogP) is 4.88. The molecule has 2 aromatic heterocycles. The van der Waals surface area contributed by atoms with E-state index in [9.17, 15) is 4.79 Å². The van der Waals surface area contributed by atoms with E-state index in [1.807, 2.05) is 66.2 Å². The summed E-state index contributed by atoms with van der Waals surface area (Å²) in [7, 11) is 0. The van der Waals surface area contributed by atoms with Gasteiger partial charge in [0.15, 0.2) is 6.61 Å². The molecular weight excluding hydrogens is 420 g/mol. The van der Waals surface area contributed by atoms with Crippen LogP contribution in [0.15, 0.2) is 54.6 Å². The van der Waals surface area contributed by atoms with Gasteiger partial charge in [-0.05, 0) is 48.9 Å². The molecule has 0 saturated carbocycles. The number of nitrogens with one attached hydrogen (secondary N) is 1. The highest BCUT2D eigenvalue weighted by Gasteiger charge is 2.17. The zero-order valence-electron chi connectivity index (χ0n) is 16.1. The molecule has 2 aromatic carbocycles. The van der Waals surface area contributed by atoms with Gasteiger partial charge in [-0.15, -0.1) is 11.3 Å². The fourth-order valence-corrected chi connectivity index (χ4v) is 4.36. The fraction of sp³-hybridized carbons (Fsp3) is 0.136. The van der Waals surface area contributed by atoms with Crippen LogP contribution in [0.1, 0.15) is 20.9 Å². The van der Waals surface area contributed by atoms with E-state index >= 15 is 0 Å². The standard InChI is InChI=1S/C22H17ClN4O2S/c1-14-19-12-20(30-22(19)27(26-14)17-6-3-5-16(23)11-17)21(28)25-13-15-4-2-7-18(10-15)29-9-8-24/h2-7,10-12H,9,13H2,1H3,(H,25,28). The van der Waals surface area contributed by atoms with Crippen LogP contribution >= 0.6 is 22.9 Å². The molecule has 0 aliphatic carbocycles. The van der Waals surface area contributed by atoms with E-state index in [1.54, 1.807) is 6.07 Å². The minimum absolute atomic E-state index is 0.0133. The number of hydrogen-bond acceptors (Lipinski definition) is 5. The highest BCUT2D eigenvalue weighted by atomic mass is 35.5. The first-order chi connectivity index (χ1) is 14.5. The van der Waals surface area contributed by atoms with Gasteiger partial charge < -0.3 is 10.1 Å². The number of ether oxygens (including phenoxy) is 1. The molecule has 0 spiro atoms. The van der Waals surface area contributed by atoms with Crippen LogP contribution in [0.4, 0.5) is 0 Å². The van der Waals surface area contributed by atoms with E-state index in [-0.39, 0.29) is 12.5 Å². The lowest BCUT2D eigenvalue weighted by Crippen LogP contribution is -2.21. The molecule has 8 heteroatoms. The highest BCUT2D eigenvalue weighted by molar-refractivity contribution is 7.20. The van der Waals surface area contributed by atoms with Gasteiger partial charge >= 0.3 is 0 Å². The maximum atomic E-state index is 12.7. The van der Waals surface area contributed by atoms with Gasteiger partial charge in [0.05, 0.1) is 16.3 Å². The summed E-state index contributed by atoms with van der Waals surface area (Å²) in [5.74, 6) is 0.444. The van der Waals surface area contributed by atoms with Gasteiger partial charge in [-0.2, -0.15) is 10.4 Å². The number of hydrogen-bond donors (Lipinski definition) is 1. The van der Waals surface area contributed by atoms with Crippen molar-refractivity contribution in [2.24, 2.45) is 0 Å². The average molecular weight is 437 g/mol. The Morgan fingerprint density at radius 2 is 2.10 bits per heavy atom. The summed E-state index contributed by atoms with van der Waals surface area (Å²) in [4.78, 5) is 14.2. The predicted molar refractivity (Wildman–Crippen MR) is 117 cm³/mol. The average Bonchev–Trinajstić information content (AvgIpc) is 3.31. The number of benzene rings is 2. The molecule has 30 heavy (non-hydrogen) atoms. The summed E-state index contributed by atoms with van der Waals surface area (Å²) < 4.78 is 7.12. The number of fused-ring (bicyclic) bond motifs is 1. The smallest absolute Gasteiger partial charge is 0.261 e. The summed E-state index contributed by atoms with van der Waals surface area (Å²) in [6.45, 7) is 2.27. The van der Waals surface area contributed by atoms with Crippen molar-refractivity contribution in [2.75, 3.05) is 6.61 Å². The number of nitrogens with zero attached hydrogens (tertiary/aromatic N) is 3. The fourth-order valence-electron chi connectivity index (χ4n) is 3.07. The molecule has 1 amide bonds. The van der Waals surface area contributed by atoms with Crippen LogP contribution < -0.4 is 10.1 Å². The lowest BCUT2D eigenvalue weighted by molar-refractivity contribution is 0.0955. The van der Waals surface area contributed by atoms with Gasteiger partial charge in [-0.3, -0.25) is 4.79 Å². The Morgan fingerprint density at radius 3 is 2.90 bits per heavy atom. The molecule has 2 heterocycles. The molecule has 0 aliphatic rings. The topological polar surface area (TPSA) is 79.9 Å². The van der Waals surface area contributed by atoms with Crippen molar-refractivity contribution < 1.29 is 9.53 Å². The third kappa shape index (κ3) is 4.15. The number of aryl methyl sites for hydroxylation is 1. The van der Waals surface area contributed by atoms with Crippen molar-refractivity contribution >= 4 is 39.1 Å². The number of nitriles is 1. The van der Waals surface area contributed by atoms with E-state index in [4.69, 9.17) is 21.6 Å². The molecule has 4 aromatic rings. The monoisotopic (exact) mass is 436 g/mol. The second-order valence-electron chi connectivity index (χ2n) is 6.58. The van der Waals surface area contributed by atoms with Gasteiger partial charge in [-0.1, -0.05) is 29.8 Å². The number of amides is 1. The summed E-state index contributed by atoms with van der Waals surface area (Å²) in [6.07, 6.45) is 0. The quantitative estimate of drug-likeness (QED) is 0.467. The van der Waals surface area contributed by atoms with E-state index in [0.29, 0.717) is 22.2 Å². The minimum Gasteiger partial charge on any atom is -0.479 e. The molecule has 1 N–H and O–H groups in total. The summed E-state index contributed by atoms with van der Waals surface area (Å²) >= 11 is 7.51. The molecule has 6 nitrogen and oxygen atoms in total. The first-order valence-corrected chi connectivity index (χ1v) is 10.4. The molecule has 0 aliphatic heterocycles. The Labute approximate surface area is 182 Å². The summed E-state index contributed by atoms with van der Waals surface area (Å²) in [5.41, 5.74) is 2.59. The Balaban J connectivity index is 1.53. The van der Waals surface area contributed by atoms with Crippen LogP contribution in [-0.4, -0.2) is 22.3 Å². The maximum absolute atomic E-state index is 12.7. The van der Waals surface area contributed by atoms with E-state index in [0.717, 1.165) is 27.2 Å². The zero-order valence-corrected chi connectivity index (χ0v) is 17.6. The summed E-state index contributed by atoms with van der Waals surface area (Å²) in [6, 6.07) is 18.6. The number of thiophene rings is 1. The summed E-state index contributed by atoms with van der Waals surface area (Å²) in [5, 5.41) is 17.7. The van der Waals surface area contributed by atoms with Crippen molar-refractivity contribution in [3.05, 3.63) is 75.8 Å². The first kappa shape index (κ1) is 20.0. The second-order valence-corrected chi connectivity index (χ2v) is 8.05.